The summed E-state index contributed by atoms with van der Waals surface area (Å²) in [6.45, 7) is 3.44. The highest BCUT2D eigenvalue weighted by atomic mass is 35.5. The summed E-state index contributed by atoms with van der Waals surface area (Å²) < 4.78 is 0. The summed E-state index contributed by atoms with van der Waals surface area (Å²) in [6.07, 6.45) is 1.59. The fraction of sp³-hybridized carbons (Fsp3) is 0.238. The van der Waals surface area contributed by atoms with Gasteiger partial charge in [0, 0.05) is 49.6 Å². The first-order valence-corrected chi connectivity index (χ1v) is 9.66. The Labute approximate surface area is 170 Å². The Morgan fingerprint density at radius 3 is 2.36 bits per heavy atom. The third-order valence-corrected chi connectivity index (χ3v) is 5.29. The second kappa shape index (κ2) is 7.94. The van der Waals surface area contributed by atoms with Crippen molar-refractivity contribution in [1.29, 1.82) is 0 Å². The minimum atomic E-state index is 0.602. The fourth-order valence-corrected chi connectivity index (χ4v) is 3.70. The zero-order valence-corrected chi connectivity index (χ0v) is 16.5. The van der Waals surface area contributed by atoms with E-state index < -0.39 is 0 Å². The monoisotopic (exact) mass is 394 g/mol. The molecule has 1 aliphatic heterocycles. The van der Waals surface area contributed by atoms with Crippen molar-refractivity contribution in [1.82, 2.24) is 9.97 Å². The minimum Gasteiger partial charge on any atom is -0.393 e. The Balaban J connectivity index is 1.51. The van der Waals surface area contributed by atoms with Crippen LogP contribution in [0.4, 0.5) is 28.7 Å². The van der Waals surface area contributed by atoms with E-state index in [9.17, 15) is 0 Å². The van der Waals surface area contributed by atoms with Crippen molar-refractivity contribution in [3.63, 3.8) is 0 Å². The molecule has 0 radical (unpaired) electrons. The van der Waals surface area contributed by atoms with Crippen molar-refractivity contribution in [3.05, 3.63) is 65.9 Å². The lowest BCUT2D eigenvalue weighted by Gasteiger charge is -2.37. The predicted octanol–water partition coefficient (Wildman–Crippen LogP) is 3.81. The molecular formula is C21H23ClN6. The molecule has 1 fully saturated rings. The van der Waals surface area contributed by atoms with Gasteiger partial charge >= 0.3 is 0 Å². The Bertz CT molecular complexity index is 941. The van der Waals surface area contributed by atoms with E-state index in [-0.39, 0.29) is 0 Å². The van der Waals surface area contributed by atoms with Crippen LogP contribution in [0.3, 0.4) is 0 Å². The first-order chi connectivity index (χ1) is 13.6. The van der Waals surface area contributed by atoms with Crippen molar-refractivity contribution in [2.75, 3.05) is 53.7 Å². The van der Waals surface area contributed by atoms with Crippen LogP contribution in [0.1, 0.15) is 0 Å². The number of rotatable bonds is 4. The lowest BCUT2D eigenvalue weighted by atomic mass is 10.2. The van der Waals surface area contributed by atoms with Gasteiger partial charge in [0.2, 0.25) is 0 Å². The minimum absolute atomic E-state index is 0.602. The number of halogens is 1. The average molecular weight is 395 g/mol. The third kappa shape index (κ3) is 3.68. The van der Waals surface area contributed by atoms with Gasteiger partial charge in [-0.3, -0.25) is 0 Å². The molecule has 0 unspecified atom stereocenters. The highest BCUT2D eigenvalue weighted by Gasteiger charge is 2.22. The van der Waals surface area contributed by atoms with Crippen LogP contribution >= 0.6 is 11.6 Å². The first-order valence-electron chi connectivity index (χ1n) is 9.28. The number of benzene rings is 2. The van der Waals surface area contributed by atoms with Gasteiger partial charge in [0.1, 0.15) is 12.0 Å². The van der Waals surface area contributed by atoms with Crippen molar-refractivity contribution >= 4 is 40.3 Å². The molecule has 1 aromatic heterocycles. The Morgan fingerprint density at radius 2 is 1.64 bits per heavy atom. The number of nitrogen functional groups attached to an aromatic ring is 1. The molecule has 0 atom stereocenters. The zero-order valence-electron chi connectivity index (χ0n) is 15.8. The molecule has 7 heteroatoms. The lowest BCUT2D eigenvalue weighted by molar-refractivity contribution is 0.647. The van der Waals surface area contributed by atoms with Crippen molar-refractivity contribution in [2.45, 2.75) is 0 Å². The largest absolute Gasteiger partial charge is 0.393 e. The van der Waals surface area contributed by atoms with E-state index >= 15 is 0 Å². The number of piperazine rings is 1. The molecule has 28 heavy (non-hydrogen) atoms. The van der Waals surface area contributed by atoms with Gasteiger partial charge in [-0.05, 0) is 30.3 Å². The first kappa shape index (κ1) is 18.4. The SMILES string of the molecule is CN(c1ccccc1)c1ncnc(N2CCN(c3cccc(Cl)c3)CC2)c1N. The van der Waals surface area contributed by atoms with Crippen LogP contribution in [0.2, 0.25) is 5.02 Å². The molecule has 4 rings (SSSR count). The maximum Gasteiger partial charge on any atom is 0.161 e. The van der Waals surface area contributed by atoms with Crippen molar-refractivity contribution in [2.24, 2.45) is 0 Å². The number of nitrogens with two attached hydrogens (primary N) is 1. The smallest absolute Gasteiger partial charge is 0.161 e. The van der Waals surface area contributed by atoms with Gasteiger partial charge in [-0.2, -0.15) is 0 Å². The maximum atomic E-state index is 6.48. The predicted molar refractivity (Wildman–Crippen MR) is 117 cm³/mol. The summed E-state index contributed by atoms with van der Waals surface area (Å²) in [5, 5.41) is 0.758. The maximum absolute atomic E-state index is 6.48. The van der Waals surface area contributed by atoms with E-state index in [1.54, 1.807) is 6.33 Å². The van der Waals surface area contributed by atoms with Gasteiger partial charge in [-0.1, -0.05) is 35.9 Å². The normalized spacial score (nSPS) is 14.2. The Hall–Kier alpha value is -2.99. The molecule has 2 N–H and O–H groups in total. The van der Waals surface area contributed by atoms with E-state index in [1.807, 2.05) is 60.5 Å². The number of nitrogens with zero attached hydrogens (tertiary/aromatic N) is 5. The van der Waals surface area contributed by atoms with Crippen LogP contribution in [-0.2, 0) is 0 Å². The molecule has 6 nitrogen and oxygen atoms in total. The van der Waals surface area contributed by atoms with Gasteiger partial charge < -0.3 is 20.4 Å². The summed E-state index contributed by atoms with van der Waals surface area (Å²) in [5.74, 6) is 1.51. The molecule has 0 spiro atoms. The summed E-state index contributed by atoms with van der Waals surface area (Å²) in [7, 11) is 1.97. The number of hydrogen-bond acceptors (Lipinski definition) is 6. The van der Waals surface area contributed by atoms with Crippen molar-refractivity contribution < 1.29 is 0 Å². The van der Waals surface area contributed by atoms with E-state index in [0.717, 1.165) is 48.4 Å². The van der Waals surface area contributed by atoms with Gasteiger partial charge in [-0.25, -0.2) is 9.97 Å². The quantitative estimate of drug-likeness (QED) is 0.726. The topological polar surface area (TPSA) is 61.5 Å². The van der Waals surface area contributed by atoms with Crippen LogP contribution in [0.5, 0.6) is 0 Å². The number of anilines is 5. The molecule has 2 heterocycles. The molecule has 0 bridgehead atoms. The molecule has 1 aliphatic rings. The Kier molecular flexibility index (Phi) is 5.21. The highest BCUT2D eigenvalue weighted by Crippen LogP contribution is 2.33. The van der Waals surface area contributed by atoms with E-state index in [0.29, 0.717) is 11.5 Å². The standard InChI is InChI=1S/C21H23ClN6/c1-26(17-7-3-2-4-8-17)20-19(23)21(25-15-24-20)28-12-10-27(11-13-28)18-9-5-6-16(22)14-18/h2-9,14-15H,10-13,23H2,1H3. The molecule has 0 aliphatic carbocycles. The highest BCUT2D eigenvalue weighted by molar-refractivity contribution is 6.30. The van der Waals surface area contributed by atoms with Gasteiger partial charge in [-0.15, -0.1) is 0 Å². The number of para-hydroxylation sites is 1. The van der Waals surface area contributed by atoms with E-state index in [1.165, 1.54) is 0 Å². The number of aromatic nitrogens is 2. The van der Waals surface area contributed by atoms with E-state index in [2.05, 4.69) is 25.8 Å². The van der Waals surface area contributed by atoms with Gasteiger partial charge in [0.05, 0.1) is 0 Å². The fourth-order valence-electron chi connectivity index (χ4n) is 3.52. The summed E-state index contributed by atoms with van der Waals surface area (Å²) in [6, 6.07) is 18.0. The van der Waals surface area contributed by atoms with Crippen LogP contribution in [0.25, 0.3) is 0 Å². The summed E-state index contributed by atoms with van der Waals surface area (Å²) >= 11 is 6.13. The molecular weight excluding hydrogens is 372 g/mol. The summed E-state index contributed by atoms with van der Waals surface area (Å²) in [5.41, 5.74) is 9.26. The van der Waals surface area contributed by atoms with Crippen LogP contribution in [-0.4, -0.2) is 43.2 Å². The Morgan fingerprint density at radius 1 is 0.929 bits per heavy atom. The van der Waals surface area contributed by atoms with Crippen LogP contribution in [0, 0.1) is 0 Å². The summed E-state index contributed by atoms with van der Waals surface area (Å²) in [4.78, 5) is 15.4. The van der Waals surface area contributed by atoms with E-state index in [4.69, 9.17) is 17.3 Å². The van der Waals surface area contributed by atoms with Crippen LogP contribution < -0.4 is 20.4 Å². The second-order valence-corrected chi connectivity index (χ2v) is 7.22. The molecule has 1 saturated heterocycles. The molecule has 2 aromatic carbocycles. The average Bonchev–Trinajstić information content (AvgIpc) is 2.74. The van der Waals surface area contributed by atoms with Gasteiger partial charge in [0.15, 0.2) is 11.6 Å². The van der Waals surface area contributed by atoms with Gasteiger partial charge in [0.25, 0.3) is 0 Å². The molecule has 3 aromatic rings. The molecule has 0 amide bonds. The van der Waals surface area contributed by atoms with Crippen LogP contribution in [0.15, 0.2) is 60.9 Å². The third-order valence-electron chi connectivity index (χ3n) is 5.06. The van der Waals surface area contributed by atoms with Crippen molar-refractivity contribution in [3.8, 4) is 0 Å². The molecule has 144 valence electrons. The lowest BCUT2D eigenvalue weighted by Crippen LogP contribution is -2.47. The molecule has 0 saturated carbocycles. The zero-order chi connectivity index (χ0) is 19.5. The number of hydrogen-bond donors (Lipinski definition) is 1. The second-order valence-electron chi connectivity index (χ2n) is 6.78.